The molecule has 0 radical (unpaired) electrons. The Morgan fingerprint density at radius 1 is 1.13 bits per heavy atom. The van der Waals surface area contributed by atoms with Gasteiger partial charge in [0.1, 0.15) is 5.76 Å². The molecule has 0 aliphatic carbocycles. The Labute approximate surface area is 190 Å². The molecule has 2 N–H and O–H groups in total. The first-order valence-corrected chi connectivity index (χ1v) is 11.4. The zero-order chi connectivity index (χ0) is 23.8. The highest BCUT2D eigenvalue weighted by molar-refractivity contribution is 5.82. The van der Waals surface area contributed by atoms with E-state index in [1.807, 2.05) is 52.8 Å². The fraction of sp³-hybridized carbons (Fsp3) is 0.519. The van der Waals surface area contributed by atoms with Crippen molar-refractivity contribution >= 4 is 5.91 Å². The molecule has 0 fully saturated rings. The number of rotatable bonds is 15. The van der Waals surface area contributed by atoms with E-state index in [0.29, 0.717) is 6.54 Å². The first kappa shape index (κ1) is 28.5. The molecule has 0 aromatic carbocycles. The van der Waals surface area contributed by atoms with Crippen LogP contribution in [0.2, 0.25) is 0 Å². The second-order valence-corrected chi connectivity index (χ2v) is 8.01. The SMILES string of the molecule is C=C/C=C\C(=C(/C)NCCCC)C(C)C(=O)NCC(=C)/C(C)=C\C(=C/CC)OC(C)C. The Morgan fingerprint density at radius 3 is 2.35 bits per heavy atom. The molecule has 1 atom stereocenters. The summed E-state index contributed by atoms with van der Waals surface area (Å²) in [5.74, 6) is 0.517. The lowest BCUT2D eigenvalue weighted by atomic mass is 9.97. The molecule has 4 nitrogen and oxygen atoms in total. The molecule has 1 unspecified atom stereocenters. The van der Waals surface area contributed by atoms with Crippen LogP contribution in [-0.4, -0.2) is 25.1 Å². The van der Waals surface area contributed by atoms with E-state index in [1.54, 1.807) is 6.08 Å². The van der Waals surface area contributed by atoms with Crippen LogP contribution in [0, 0.1) is 5.92 Å². The number of hydrogen-bond acceptors (Lipinski definition) is 3. The lowest BCUT2D eigenvalue weighted by Crippen LogP contribution is -2.32. The molecule has 0 aliphatic heterocycles. The van der Waals surface area contributed by atoms with Crippen molar-refractivity contribution in [1.82, 2.24) is 10.6 Å². The number of hydrogen-bond donors (Lipinski definition) is 2. The van der Waals surface area contributed by atoms with E-state index >= 15 is 0 Å². The van der Waals surface area contributed by atoms with E-state index in [0.717, 1.165) is 54.0 Å². The lowest BCUT2D eigenvalue weighted by molar-refractivity contribution is -0.123. The van der Waals surface area contributed by atoms with E-state index < -0.39 is 0 Å². The van der Waals surface area contributed by atoms with Crippen LogP contribution in [0.15, 0.2) is 71.7 Å². The maximum Gasteiger partial charge on any atom is 0.227 e. The Bertz CT molecular complexity index is 709. The summed E-state index contributed by atoms with van der Waals surface area (Å²) in [6.07, 6.45) is 12.8. The number of ether oxygens (including phenoxy) is 1. The predicted octanol–water partition coefficient (Wildman–Crippen LogP) is 6.37. The van der Waals surface area contributed by atoms with Gasteiger partial charge in [-0.1, -0.05) is 51.7 Å². The van der Waals surface area contributed by atoms with Crippen LogP contribution in [0.4, 0.5) is 0 Å². The Morgan fingerprint density at radius 2 is 1.81 bits per heavy atom. The molecule has 0 rings (SSSR count). The zero-order valence-corrected chi connectivity index (χ0v) is 20.8. The second-order valence-electron chi connectivity index (χ2n) is 8.01. The Hall–Kier alpha value is -2.49. The number of amides is 1. The van der Waals surface area contributed by atoms with Gasteiger partial charge in [0.05, 0.1) is 12.0 Å². The van der Waals surface area contributed by atoms with Crippen molar-refractivity contribution in [2.24, 2.45) is 5.92 Å². The van der Waals surface area contributed by atoms with E-state index in [9.17, 15) is 4.79 Å². The number of carbonyl (C=O) groups is 1. The monoisotopic (exact) mass is 428 g/mol. The summed E-state index contributed by atoms with van der Waals surface area (Å²) in [6.45, 7) is 23.4. The average Bonchev–Trinajstić information content (AvgIpc) is 2.71. The van der Waals surface area contributed by atoms with Crippen molar-refractivity contribution in [3.8, 4) is 0 Å². The molecule has 0 heterocycles. The maximum atomic E-state index is 12.8. The van der Waals surface area contributed by atoms with Crippen LogP contribution in [0.25, 0.3) is 0 Å². The van der Waals surface area contributed by atoms with Gasteiger partial charge in [0.2, 0.25) is 5.91 Å². The van der Waals surface area contributed by atoms with Gasteiger partial charge in [0, 0.05) is 18.8 Å². The van der Waals surface area contributed by atoms with Crippen LogP contribution < -0.4 is 10.6 Å². The highest BCUT2D eigenvalue weighted by Gasteiger charge is 2.18. The first-order chi connectivity index (χ1) is 14.7. The number of unbranched alkanes of at least 4 members (excludes halogenated alkanes) is 1. The Balaban J connectivity index is 5.20. The van der Waals surface area contributed by atoms with Crippen LogP contribution in [0.3, 0.4) is 0 Å². The quantitative estimate of drug-likeness (QED) is 0.181. The highest BCUT2D eigenvalue weighted by atomic mass is 16.5. The number of nitrogens with one attached hydrogen (secondary N) is 2. The summed E-state index contributed by atoms with van der Waals surface area (Å²) in [5, 5.41) is 6.45. The second kappa shape index (κ2) is 16.2. The molecule has 0 aromatic rings. The van der Waals surface area contributed by atoms with Crippen molar-refractivity contribution in [3.63, 3.8) is 0 Å². The van der Waals surface area contributed by atoms with Gasteiger partial charge in [-0.25, -0.2) is 0 Å². The minimum absolute atomic E-state index is 0.0305. The van der Waals surface area contributed by atoms with Crippen molar-refractivity contribution in [3.05, 3.63) is 71.7 Å². The molecule has 0 aromatic heterocycles. The number of allylic oxidation sites excluding steroid dienone is 6. The third-order valence-electron chi connectivity index (χ3n) is 4.79. The molecule has 0 bridgehead atoms. The third kappa shape index (κ3) is 12.1. The molecule has 0 aliphatic rings. The summed E-state index contributed by atoms with van der Waals surface area (Å²) in [5.41, 5.74) is 3.84. The smallest absolute Gasteiger partial charge is 0.227 e. The number of carbonyl (C=O) groups excluding carboxylic acids is 1. The van der Waals surface area contributed by atoms with Crippen molar-refractivity contribution in [1.29, 1.82) is 0 Å². The van der Waals surface area contributed by atoms with Crippen LogP contribution >= 0.6 is 0 Å². The normalized spacial score (nSPS) is 14.3. The topological polar surface area (TPSA) is 50.4 Å². The summed E-state index contributed by atoms with van der Waals surface area (Å²) < 4.78 is 5.84. The van der Waals surface area contributed by atoms with Crippen LogP contribution in [0.1, 0.15) is 67.7 Å². The van der Waals surface area contributed by atoms with Crippen molar-refractivity contribution in [2.45, 2.75) is 73.8 Å². The zero-order valence-electron chi connectivity index (χ0n) is 20.8. The largest absolute Gasteiger partial charge is 0.491 e. The minimum atomic E-state index is -0.290. The standard InChI is InChI=1S/C27H44N2O2/c1-10-13-16-26(24(9)28-17-14-11-2)23(8)27(30)29-19-22(7)21(6)18-25(15-12-3)31-20(4)5/h10,13,15-16,18,20,23,28H,1,7,11-12,14,17,19H2,2-6,8-9H3,(H,29,30)/b16-13-,21-18-,25-15+,26-24-. The van der Waals surface area contributed by atoms with Gasteiger partial charge >= 0.3 is 0 Å². The maximum absolute atomic E-state index is 12.8. The summed E-state index contributed by atoms with van der Waals surface area (Å²) >= 11 is 0. The van der Waals surface area contributed by atoms with Gasteiger partial charge in [-0.2, -0.15) is 0 Å². The van der Waals surface area contributed by atoms with E-state index in [4.69, 9.17) is 4.74 Å². The van der Waals surface area contributed by atoms with Crippen LogP contribution in [0.5, 0.6) is 0 Å². The summed E-state index contributed by atoms with van der Waals surface area (Å²) in [7, 11) is 0. The summed E-state index contributed by atoms with van der Waals surface area (Å²) in [4.78, 5) is 12.8. The third-order valence-corrected chi connectivity index (χ3v) is 4.79. The molecule has 31 heavy (non-hydrogen) atoms. The highest BCUT2D eigenvalue weighted by Crippen LogP contribution is 2.18. The van der Waals surface area contributed by atoms with E-state index in [2.05, 4.69) is 43.7 Å². The van der Waals surface area contributed by atoms with Gasteiger partial charge in [-0.05, 0) is 76.3 Å². The van der Waals surface area contributed by atoms with Crippen molar-refractivity contribution < 1.29 is 9.53 Å². The summed E-state index contributed by atoms with van der Waals surface area (Å²) in [6, 6.07) is 0. The predicted molar refractivity (Wildman–Crippen MR) is 135 cm³/mol. The lowest BCUT2D eigenvalue weighted by Gasteiger charge is -2.18. The van der Waals surface area contributed by atoms with Gasteiger partial charge in [-0.3, -0.25) is 4.79 Å². The Kier molecular flexibility index (Phi) is 14.9. The molecular formula is C27H44N2O2. The fourth-order valence-corrected chi connectivity index (χ4v) is 2.88. The average molecular weight is 429 g/mol. The molecule has 0 saturated heterocycles. The molecule has 4 heteroatoms. The van der Waals surface area contributed by atoms with Gasteiger partial charge in [-0.15, -0.1) is 0 Å². The molecule has 1 amide bonds. The minimum Gasteiger partial charge on any atom is -0.491 e. The molecule has 174 valence electrons. The van der Waals surface area contributed by atoms with Gasteiger partial charge < -0.3 is 15.4 Å². The van der Waals surface area contributed by atoms with Gasteiger partial charge in [0.15, 0.2) is 0 Å². The van der Waals surface area contributed by atoms with Crippen molar-refractivity contribution in [2.75, 3.05) is 13.1 Å². The van der Waals surface area contributed by atoms with E-state index in [-0.39, 0.29) is 17.9 Å². The first-order valence-electron chi connectivity index (χ1n) is 11.4. The van der Waals surface area contributed by atoms with Crippen LogP contribution in [-0.2, 0) is 9.53 Å². The van der Waals surface area contributed by atoms with E-state index in [1.165, 1.54) is 0 Å². The molecular weight excluding hydrogens is 384 g/mol. The molecule has 0 saturated carbocycles. The van der Waals surface area contributed by atoms with Gasteiger partial charge in [0.25, 0.3) is 0 Å². The fourth-order valence-electron chi connectivity index (χ4n) is 2.88. The molecule has 0 spiro atoms.